The summed E-state index contributed by atoms with van der Waals surface area (Å²) in [6.07, 6.45) is 0. The van der Waals surface area contributed by atoms with Crippen LogP contribution in [0.1, 0.15) is 6.92 Å². The van der Waals surface area contributed by atoms with Crippen molar-refractivity contribution in [1.29, 1.82) is 0 Å². The molecule has 0 rings (SSSR count). The highest BCUT2D eigenvalue weighted by molar-refractivity contribution is 4.71. The van der Waals surface area contributed by atoms with E-state index in [1.54, 1.807) is 0 Å². The second-order valence-electron chi connectivity index (χ2n) is 2.74. The van der Waals surface area contributed by atoms with E-state index in [1.165, 1.54) is 0 Å². The fraction of sp³-hybridized carbons (Fsp3) is 1.00. The van der Waals surface area contributed by atoms with E-state index in [-0.39, 0.29) is 19.8 Å². The van der Waals surface area contributed by atoms with Gasteiger partial charge in [-0.05, 0) is 0 Å². The Labute approximate surface area is 65.4 Å². The normalized spacial score (nSPS) is 12.0. The Balaban J connectivity index is 3.79. The minimum Gasteiger partial charge on any atom is -0.304 e. The molecule has 6 nitrogen and oxygen atoms in total. The van der Waals surface area contributed by atoms with Crippen LogP contribution >= 0.6 is 0 Å². The van der Waals surface area contributed by atoms with Crippen LogP contribution in [0.15, 0.2) is 0 Å². The van der Waals surface area contributed by atoms with Crippen LogP contribution in [0, 0.1) is 5.41 Å². The monoisotopic (exact) mass is 165 g/mol. The maximum Gasteiger partial charge on any atom is 0.0778 e. The first-order chi connectivity index (χ1) is 5.18. The molecule has 0 atom stereocenters. The fourth-order valence-electron chi connectivity index (χ4n) is 0.729. The van der Waals surface area contributed by atoms with Crippen molar-refractivity contribution in [3.8, 4) is 0 Å². The highest BCUT2D eigenvalue weighted by atomic mass is 16.6. The van der Waals surface area contributed by atoms with Crippen molar-refractivity contribution in [3.63, 3.8) is 0 Å². The number of hydrogen-bond donors (Lipinski definition) is 3. The van der Waals surface area contributed by atoms with Crippen LogP contribution in [0.25, 0.3) is 0 Å². The predicted molar refractivity (Wildman–Crippen MR) is 38.5 cm³/mol. The molecule has 0 bridgehead atoms. The first kappa shape index (κ1) is 10.8. The van der Waals surface area contributed by atoms with Gasteiger partial charge in [0.15, 0.2) is 0 Å². The molecule has 68 valence electrons. The second-order valence-corrected chi connectivity index (χ2v) is 2.74. The number of rotatable bonds is 6. The van der Waals surface area contributed by atoms with Crippen molar-refractivity contribution in [1.82, 2.24) is 0 Å². The van der Waals surface area contributed by atoms with Gasteiger partial charge in [0, 0.05) is 5.41 Å². The molecule has 0 aromatic heterocycles. The van der Waals surface area contributed by atoms with Crippen LogP contribution < -0.4 is 17.7 Å². The van der Waals surface area contributed by atoms with Gasteiger partial charge in [-0.15, -0.1) is 0 Å². The van der Waals surface area contributed by atoms with E-state index < -0.39 is 5.41 Å². The molecule has 0 aromatic carbocycles. The molecule has 0 aliphatic heterocycles. The van der Waals surface area contributed by atoms with E-state index in [0.29, 0.717) is 0 Å². The third kappa shape index (κ3) is 4.25. The number of nitrogens with two attached hydrogens (primary N) is 3. The minimum absolute atomic E-state index is 0.279. The number of hydrogen-bond acceptors (Lipinski definition) is 6. The molecule has 0 spiro atoms. The van der Waals surface area contributed by atoms with E-state index in [9.17, 15) is 0 Å². The molecular weight excluding hydrogens is 150 g/mol. The summed E-state index contributed by atoms with van der Waals surface area (Å²) in [6, 6.07) is 0. The largest absolute Gasteiger partial charge is 0.304 e. The van der Waals surface area contributed by atoms with Crippen LogP contribution in [0.2, 0.25) is 0 Å². The lowest BCUT2D eigenvalue weighted by molar-refractivity contribution is -0.0624. The zero-order valence-electron chi connectivity index (χ0n) is 6.58. The van der Waals surface area contributed by atoms with E-state index >= 15 is 0 Å². The summed E-state index contributed by atoms with van der Waals surface area (Å²) in [5, 5.41) is 0. The Morgan fingerprint density at radius 3 is 1.36 bits per heavy atom. The summed E-state index contributed by atoms with van der Waals surface area (Å²) in [5.74, 6) is 14.6. The van der Waals surface area contributed by atoms with Crippen molar-refractivity contribution in [2.24, 2.45) is 23.1 Å². The van der Waals surface area contributed by atoms with Crippen LogP contribution in [-0.2, 0) is 14.5 Å². The Bertz CT molecular complexity index is 84.0. The summed E-state index contributed by atoms with van der Waals surface area (Å²) in [6.45, 7) is 2.67. The van der Waals surface area contributed by atoms with Crippen LogP contribution in [0.5, 0.6) is 0 Å². The molecular formula is C5H15N3O3. The molecule has 0 fully saturated rings. The molecule has 0 amide bonds. The Morgan fingerprint density at radius 1 is 0.909 bits per heavy atom. The highest BCUT2D eigenvalue weighted by Crippen LogP contribution is 2.15. The fourth-order valence-corrected chi connectivity index (χ4v) is 0.729. The van der Waals surface area contributed by atoms with Crippen LogP contribution in [-0.4, -0.2) is 19.8 Å². The second kappa shape index (κ2) is 5.42. The zero-order chi connectivity index (χ0) is 8.74. The SMILES string of the molecule is CC(CON)(CON)CON. The smallest absolute Gasteiger partial charge is 0.0778 e. The molecule has 11 heavy (non-hydrogen) atoms. The van der Waals surface area contributed by atoms with Gasteiger partial charge < -0.3 is 14.5 Å². The summed E-state index contributed by atoms with van der Waals surface area (Å²) in [4.78, 5) is 13.3. The third-order valence-corrected chi connectivity index (χ3v) is 1.30. The third-order valence-electron chi connectivity index (χ3n) is 1.30. The van der Waals surface area contributed by atoms with Crippen molar-refractivity contribution in [2.75, 3.05) is 19.8 Å². The topological polar surface area (TPSA) is 106 Å². The van der Waals surface area contributed by atoms with Gasteiger partial charge in [0.05, 0.1) is 19.8 Å². The van der Waals surface area contributed by atoms with Gasteiger partial charge >= 0.3 is 0 Å². The van der Waals surface area contributed by atoms with Crippen LogP contribution in [0.3, 0.4) is 0 Å². The molecule has 0 heterocycles. The predicted octanol–water partition coefficient (Wildman–Crippen LogP) is -1.34. The van der Waals surface area contributed by atoms with Gasteiger partial charge in [-0.3, -0.25) is 0 Å². The van der Waals surface area contributed by atoms with Crippen molar-refractivity contribution in [2.45, 2.75) is 6.92 Å². The average Bonchev–Trinajstić information content (AvgIpc) is 1.88. The Morgan fingerprint density at radius 2 is 1.18 bits per heavy atom. The van der Waals surface area contributed by atoms with Gasteiger partial charge in [-0.25, -0.2) is 17.7 Å². The summed E-state index contributed by atoms with van der Waals surface area (Å²) < 4.78 is 0. The summed E-state index contributed by atoms with van der Waals surface area (Å²) in [5.41, 5.74) is -0.391. The summed E-state index contributed by atoms with van der Waals surface area (Å²) >= 11 is 0. The van der Waals surface area contributed by atoms with Gasteiger partial charge in [0.1, 0.15) is 0 Å². The minimum atomic E-state index is -0.391. The molecule has 0 saturated heterocycles. The molecule has 0 radical (unpaired) electrons. The lowest BCUT2D eigenvalue weighted by atomic mass is 9.95. The van der Waals surface area contributed by atoms with E-state index in [4.69, 9.17) is 17.7 Å². The molecule has 0 unspecified atom stereocenters. The van der Waals surface area contributed by atoms with Gasteiger partial charge in [-0.1, -0.05) is 6.92 Å². The standard InChI is InChI=1S/C5H15N3O3/c1-5(2-9-6,3-10-7)4-11-8/h2-4,6-8H2,1H3. The van der Waals surface area contributed by atoms with E-state index in [0.717, 1.165) is 0 Å². The average molecular weight is 165 g/mol. The molecule has 0 aliphatic rings. The maximum atomic E-state index is 4.88. The van der Waals surface area contributed by atoms with Crippen molar-refractivity contribution < 1.29 is 14.5 Å². The first-order valence-electron chi connectivity index (χ1n) is 3.13. The Kier molecular flexibility index (Phi) is 5.30. The summed E-state index contributed by atoms with van der Waals surface area (Å²) in [7, 11) is 0. The lowest BCUT2D eigenvalue weighted by Crippen LogP contribution is -2.37. The van der Waals surface area contributed by atoms with E-state index in [2.05, 4.69) is 14.5 Å². The lowest BCUT2D eigenvalue weighted by Gasteiger charge is -2.25. The van der Waals surface area contributed by atoms with Crippen molar-refractivity contribution in [3.05, 3.63) is 0 Å². The van der Waals surface area contributed by atoms with Crippen molar-refractivity contribution >= 4 is 0 Å². The quantitative estimate of drug-likeness (QED) is 0.421. The Hall–Kier alpha value is -0.240. The molecule has 6 N–H and O–H groups in total. The van der Waals surface area contributed by atoms with Gasteiger partial charge in [0.25, 0.3) is 0 Å². The zero-order valence-corrected chi connectivity index (χ0v) is 6.58. The molecule has 0 saturated carbocycles. The molecule has 6 heteroatoms. The molecule has 0 aliphatic carbocycles. The highest BCUT2D eigenvalue weighted by Gasteiger charge is 2.25. The van der Waals surface area contributed by atoms with Gasteiger partial charge in [0.2, 0.25) is 0 Å². The molecule has 0 aromatic rings. The maximum absolute atomic E-state index is 4.88. The van der Waals surface area contributed by atoms with Gasteiger partial charge in [-0.2, -0.15) is 0 Å². The first-order valence-corrected chi connectivity index (χ1v) is 3.13. The van der Waals surface area contributed by atoms with E-state index in [1.807, 2.05) is 6.92 Å². The van der Waals surface area contributed by atoms with Crippen LogP contribution in [0.4, 0.5) is 0 Å².